The minimum Gasteiger partial charge on any atom is -0.456 e. The van der Waals surface area contributed by atoms with Crippen molar-refractivity contribution in [1.82, 2.24) is 0 Å². The number of hydrogen-bond donors (Lipinski definition) is 1. The first-order chi connectivity index (χ1) is 22.3. The zero-order valence-corrected chi connectivity index (χ0v) is 24.4. The summed E-state index contributed by atoms with van der Waals surface area (Å²) in [7, 11) is 0. The summed E-state index contributed by atoms with van der Waals surface area (Å²) in [5.41, 5.74) is 16.5. The van der Waals surface area contributed by atoms with Crippen molar-refractivity contribution < 1.29 is 4.42 Å². The van der Waals surface area contributed by atoms with E-state index in [-0.39, 0.29) is 5.41 Å². The van der Waals surface area contributed by atoms with Gasteiger partial charge in [-0.25, -0.2) is 0 Å². The molecule has 8 aromatic rings. The SMILES string of the molecule is c1ccc(-c2ccc3oc4cccc(Nc5ccc6c(c5)C5(c7ccccc7-c7ccccc75)c5ccccc5-6)c4c3c2)cc1. The predicted molar refractivity (Wildman–Crippen MR) is 185 cm³/mol. The Morgan fingerprint density at radius 3 is 1.73 bits per heavy atom. The third kappa shape index (κ3) is 3.29. The molecule has 0 aliphatic heterocycles. The fraction of sp³-hybridized carbons (Fsp3) is 0.0233. The molecule has 2 heteroatoms. The van der Waals surface area contributed by atoms with Gasteiger partial charge in [0, 0.05) is 11.1 Å². The lowest BCUT2D eigenvalue weighted by molar-refractivity contribution is 0.669. The second-order valence-electron chi connectivity index (χ2n) is 12.1. The van der Waals surface area contributed by atoms with E-state index >= 15 is 0 Å². The molecule has 0 saturated carbocycles. The van der Waals surface area contributed by atoms with Crippen LogP contribution in [0, 0.1) is 0 Å². The molecule has 0 bridgehead atoms. The molecule has 2 aliphatic carbocycles. The predicted octanol–water partition coefficient (Wildman–Crippen LogP) is 11.3. The largest absolute Gasteiger partial charge is 0.456 e. The molecule has 0 fully saturated rings. The number of anilines is 2. The highest BCUT2D eigenvalue weighted by molar-refractivity contribution is 6.13. The van der Waals surface area contributed by atoms with Crippen molar-refractivity contribution in [2.24, 2.45) is 0 Å². The Kier molecular flexibility index (Phi) is 4.95. The van der Waals surface area contributed by atoms with E-state index in [1.165, 1.54) is 55.6 Å². The monoisotopic (exact) mass is 573 g/mol. The minimum absolute atomic E-state index is 0.365. The van der Waals surface area contributed by atoms with Gasteiger partial charge in [-0.1, -0.05) is 121 Å². The molecule has 1 aromatic heterocycles. The summed E-state index contributed by atoms with van der Waals surface area (Å²) in [4.78, 5) is 0. The summed E-state index contributed by atoms with van der Waals surface area (Å²) in [6.07, 6.45) is 0. The first-order valence-electron chi connectivity index (χ1n) is 15.5. The first kappa shape index (κ1) is 24.6. The van der Waals surface area contributed by atoms with Gasteiger partial charge in [0.2, 0.25) is 0 Å². The molecule has 0 atom stereocenters. The van der Waals surface area contributed by atoms with E-state index in [9.17, 15) is 0 Å². The van der Waals surface area contributed by atoms with E-state index in [1.807, 2.05) is 0 Å². The van der Waals surface area contributed by atoms with Crippen molar-refractivity contribution in [3.63, 3.8) is 0 Å². The van der Waals surface area contributed by atoms with Gasteiger partial charge in [0.1, 0.15) is 11.2 Å². The smallest absolute Gasteiger partial charge is 0.137 e. The van der Waals surface area contributed by atoms with Crippen LogP contribution in [0.2, 0.25) is 0 Å². The molecule has 10 rings (SSSR count). The van der Waals surface area contributed by atoms with Crippen LogP contribution in [0.1, 0.15) is 22.3 Å². The summed E-state index contributed by atoms with van der Waals surface area (Å²) in [5, 5.41) is 6.04. The average molecular weight is 574 g/mol. The van der Waals surface area contributed by atoms with Crippen LogP contribution >= 0.6 is 0 Å². The van der Waals surface area contributed by atoms with Crippen LogP contribution in [0.25, 0.3) is 55.3 Å². The van der Waals surface area contributed by atoms with Gasteiger partial charge < -0.3 is 9.73 Å². The third-order valence-electron chi connectivity index (χ3n) is 9.88. The molecule has 0 amide bonds. The van der Waals surface area contributed by atoms with E-state index in [1.54, 1.807) is 0 Å². The molecule has 0 radical (unpaired) electrons. The summed E-state index contributed by atoms with van der Waals surface area (Å²) in [5.74, 6) is 0. The number of hydrogen-bond acceptors (Lipinski definition) is 2. The normalized spacial score (nSPS) is 13.5. The highest BCUT2D eigenvalue weighted by Gasteiger charge is 2.51. The maximum atomic E-state index is 6.35. The van der Waals surface area contributed by atoms with Gasteiger partial charge >= 0.3 is 0 Å². The van der Waals surface area contributed by atoms with Crippen molar-refractivity contribution in [1.29, 1.82) is 0 Å². The summed E-state index contributed by atoms with van der Waals surface area (Å²) in [6.45, 7) is 0. The Morgan fingerprint density at radius 1 is 0.422 bits per heavy atom. The van der Waals surface area contributed by atoms with Crippen molar-refractivity contribution in [3.8, 4) is 33.4 Å². The lowest BCUT2D eigenvalue weighted by Crippen LogP contribution is -2.25. The highest BCUT2D eigenvalue weighted by Crippen LogP contribution is 2.63. The molecule has 45 heavy (non-hydrogen) atoms. The summed E-state index contributed by atoms with van der Waals surface area (Å²) in [6, 6.07) is 57.0. The number of fused-ring (bicyclic) bond motifs is 13. The average Bonchev–Trinajstić information content (AvgIpc) is 3.73. The molecule has 1 spiro atoms. The molecule has 1 N–H and O–H groups in total. The number of rotatable bonds is 3. The van der Waals surface area contributed by atoms with Gasteiger partial charge in [0.25, 0.3) is 0 Å². The van der Waals surface area contributed by atoms with Crippen LogP contribution in [-0.4, -0.2) is 0 Å². The lowest BCUT2D eigenvalue weighted by atomic mass is 9.70. The van der Waals surface area contributed by atoms with Gasteiger partial charge in [-0.3, -0.25) is 0 Å². The maximum Gasteiger partial charge on any atom is 0.137 e. The molecule has 2 nitrogen and oxygen atoms in total. The molecule has 7 aromatic carbocycles. The molecular formula is C43H27NO. The Labute approximate surface area is 261 Å². The molecule has 0 saturated heterocycles. The Morgan fingerprint density at radius 2 is 1.04 bits per heavy atom. The van der Waals surface area contributed by atoms with E-state index < -0.39 is 0 Å². The third-order valence-corrected chi connectivity index (χ3v) is 9.88. The minimum atomic E-state index is -0.365. The number of nitrogens with one attached hydrogen (secondary N) is 1. The van der Waals surface area contributed by atoms with Gasteiger partial charge in [0.05, 0.1) is 16.5 Å². The van der Waals surface area contributed by atoms with E-state index in [4.69, 9.17) is 4.42 Å². The Balaban J connectivity index is 1.17. The molecular weight excluding hydrogens is 546 g/mol. The van der Waals surface area contributed by atoms with Gasteiger partial charge in [0.15, 0.2) is 0 Å². The maximum absolute atomic E-state index is 6.35. The number of benzene rings is 7. The van der Waals surface area contributed by atoms with E-state index in [0.29, 0.717) is 0 Å². The second-order valence-corrected chi connectivity index (χ2v) is 12.1. The molecule has 0 unspecified atom stereocenters. The standard InChI is InChI=1S/C43H27NO/c1-2-11-27(12-3-1)28-21-24-40-34(25-28)42-39(19-10-20-41(42)45-40)44-29-22-23-33-32-15-6-9-18-37(32)43(38(33)26-29)35-16-7-4-13-30(35)31-14-5-8-17-36(31)43/h1-26,44H. The molecule has 1 heterocycles. The van der Waals surface area contributed by atoms with Gasteiger partial charge in [-0.15, -0.1) is 0 Å². The van der Waals surface area contributed by atoms with Crippen LogP contribution in [-0.2, 0) is 5.41 Å². The van der Waals surface area contributed by atoms with Crippen LogP contribution < -0.4 is 5.32 Å². The van der Waals surface area contributed by atoms with Crippen molar-refractivity contribution in [2.75, 3.05) is 5.32 Å². The van der Waals surface area contributed by atoms with Crippen molar-refractivity contribution >= 4 is 33.3 Å². The summed E-state index contributed by atoms with van der Waals surface area (Å²) >= 11 is 0. The lowest BCUT2D eigenvalue weighted by Gasteiger charge is -2.30. The highest BCUT2D eigenvalue weighted by atomic mass is 16.3. The molecule has 210 valence electrons. The fourth-order valence-corrected chi connectivity index (χ4v) is 8.07. The van der Waals surface area contributed by atoms with Crippen molar-refractivity contribution in [3.05, 3.63) is 180 Å². The van der Waals surface area contributed by atoms with Crippen LogP contribution in [0.5, 0.6) is 0 Å². The van der Waals surface area contributed by atoms with Crippen LogP contribution in [0.3, 0.4) is 0 Å². The van der Waals surface area contributed by atoms with E-state index in [2.05, 4.69) is 163 Å². The summed E-state index contributed by atoms with van der Waals surface area (Å²) < 4.78 is 6.35. The zero-order chi connectivity index (χ0) is 29.5. The van der Waals surface area contributed by atoms with E-state index in [0.717, 1.165) is 33.3 Å². The number of furan rings is 1. The second kappa shape index (κ2) is 9.07. The van der Waals surface area contributed by atoms with Crippen LogP contribution in [0.15, 0.2) is 162 Å². The van der Waals surface area contributed by atoms with Crippen LogP contribution in [0.4, 0.5) is 11.4 Å². The fourth-order valence-electron chi connectivity index (χ4n) is 8.07. The van der Waals surface area contributed by atoms with Gasteiger partial charge in [-0.05, 0) is 92.0 Å². The Hall–Kier alpha value is -5.86. The van der Waals surface area contributed by atoms with Crippen molar-refractivity contribution in [2.45, 2.75) is 5.41 Å². The first-order valence-corrected chi connectivity index (χ1v) is 15.5. The van der Waals surface area contributed by atoms with Gasteiger partial charge in [-0.2, -0.15) is 0 Å². The quantitative estimate of drug-likeness (QED) is 0.227. The zero-order valence-electron chi connectivity index (χ0n) is 24.4. The Bertz CT molecular complexity index is 2400. The molecule has 2 aliphatic rings. The topological polar surface area (TPSA) is 25.2 Å².